The first kappa shape index (κ1) is 13.4. The number of hydrogen-bond donors (Lipinski definition) is 0. The van der Waals surface area contributed by atoms with Gasteiger partial charge in [-0.1, -0.05) is 30.3 Å². The van der Waals surface area contributed by atoms with Crippen LogP contribution in [0.25, 0.3) is 10.9 Å². The Morgan fingerprint density at radius 2 is 1.86 bits per heavy atom. The number of carbonyl (C=O) groups is 1. The van der Waals surface area contributed by atoms with Gasteiger partial charge < -0.3 is 4.74 Å². The summed E-state index contributed by atoms with van der Waals surface area (Å²) in [6.45, 7) is 1.88. The third kappa shape index (κ3) is 2.52. The number of ketones is 1. The van der Waals surface area contributed by atoms with Gasteiger partial charge in [0.05, 0.1) is 11.1 Å². The molecule has 0 spiro atoms. The number of aromatic nitrogens is 2. The first-order chi connectivity index (χ1) is 10.2. The van der Waals surface area contributed by atoms with Crippen LogP contribution in [0.3, 0.4) is 0 Å². The van der Waals surface area contributed by atoms with E-state index in [1.807, 2.05) is 54.2 Å². The number of rotatable bonds is 4. The molecular weight excluding hydrogens is 264 g/mol. The molecule has 4 nitrogen and oxygen atoms in total. The zero-order valence-corrected chi connectivity index (χ0v) is 12.0. The fraction of sp³-hybridized carbons (Fsp3) is 0.176. The number of nitrogens with zero attached hydrogens (tertiary/aromatic N) is 2. The lowest BCUT2D eigenvalue weighted by atomic mass is 10.1. The SMILES string of the molecule is CC(=O)c1ccccc1OCc1nn(C)c2ccccc12. The van der Waals surface area contributed by atoms with Crippen LogP contribution in [0, 0.1) is 0 Å². The highest BCUT2D eigenvalue weighted by atomic mass is 16.5. The molecule has 21 heavy (non-hydrogen) atoms. The van der Waals surface area contributed by atoms with E-state index in [1.165, 1.54) is 0 Å². The van der Waals surface area contributed by atoms with Crippen LogP contribution in [-0.2, 0) is 13.7 Å². The average molecular weight is 280 g/mol. The molecule has 0 aliphatic heterocycles. The molecule has 3 rings (SSSR count). The van der Waals surface area contributed by atoms with Crippen molar-refractivity contribution in [3.8, 4) is 5.75 Å². The molecule has 3 aromatic rings. The molecule has 0 saturated carbocycles. The normalized spacial score (nSPS) is 10.8. The first-order valence-corrected chi connectivity index (χ1v) is 6.80. The number of ether oxygens (including phenoxy) is 1. The summed E-state index contributed by atoms with van der Waals surface area (Å²) in [7, 11) is 1.91. The van der Waals surface area contributed by atoms with Crippen molar-refractivity contribution in [2.45, 2.75) is 13.5 Å². The number of fused-ring (bicyclic) bond motifs is 1. The van der Waals surface area contributed by atoms with Crippen molar-refractivity contribution in [1.29, 1.82) is 0 Å². The minimum Gasteiger partial charge on any atom is -0.486 e. The zero-order valence-electron chi connectivity index (χ0n) is 12.0. The molecule has 0 atom stereocenters. The van der Waals surface area contributed by atoms with Gasteiger partial charge in [0.2, 0.25) is 0 Å². The molecule has 0 amide bonds. The summed E-state index contributed by atoms with van der Waals surface area (Å²) < 4.78 is 7.65. The number of hydrogen-bond acceptors (Lipinski definition) is 3. The molecule has 0 saturated heterocycles. The van der Waals surface area contributed by atoms with Crippen molar-refractivity contribution < 1.29 is 9.53 Å². The second-order valence-corrected chi connectivity index (χ2v) is 4.93. The van der Waals surface area contributed by atoms with E-state index >= 15 is 0 Å². The standard InChI is InChI=1S/C17H16N2O2/c1-12(20)13-7-4-6-10-17(13)21-11-15-14-8-3-5-9-16(14)19(2)18-15/h3-10H,11H2,1-2H3. The molecule has 0 radical (unpaired) electrons. The fourth-order valence-corrected chi connectivity index (χ4v) is 2.42. The van der Waals surface area contributed by atoms with E-state index in [0.29, 0.717) is 17.9 Å². The molecule has 0 aliphatic carbocycles. The van der Waals surface area contributed by atoms with Crippen molar-refractivity contribution in [3.05, 3.63) is 59.8 Å². The van der Waals surface area contributed by atoms with E-state index in [1.54, 1.807) is 13.0 Å². The Morgan fingerprint density at radius 1 is 1.14 bits per heavy atom. The minimum atomic E-state index is -0.00326. The summed E-state index contributed by atoms with van der Waals surface area (Å²) in [6.07, 6.45) is 0. The third-order valence-electron chi connectivity index (χ3n) is 3.47. The van der Waals surface area contributed by atoms with E-state index in [4.69, 9.17) is 4.74 Å². The van der Waals surface area contributed by atoms with Crippen molar-refractivity contribution in [2.75, 3.05) is 0 Å². The summed E-state index contributed by atoms with van der Waals surface area (Å²) in [4.78, 5) is 11.6. The third-order valence-corrected chi connectivity index (χ3v) is 3.47. The smallest absolute Gasteiger partial charge is 0.163 e. The Morgan fingerprint density at radius 3 is 2.67 bits per heavy atom. The Labute approximate surface area is 123 Å². The van der Waals surface area contributed by atoms with Gasteiger partial charge in [-0.25, -0.2) is 0 Å². The molecule has 1 aromatic heterocycles. The molecule has 0 fully saturated rings. The van der Waals surface area contributed by atoms with Gasteiger partial charge in [-0.15, -0.1) is 0 Å². The molecule has 2 aromatic carbocycles. The predicted octanol–water partition coefficient (Wildman–Crippen LogP) is 3.35. The largest absolute Gasteiger partial charge is 0.486 e. The lowest BCUT2D eigenvalue weighted by Gasteiger charge is -2.08. The van der Waals surface area contributed by atoms with E-state index in [2.05, 4.69) is 5.10 Å². The van der Waals surface area contributed by atoms with Crippen LogP contribution in [0.1, 0.15) is 23.0 Å². The zero-order chi connectivity index (χ0) is 14.8. The van der Waals surface area contributed by atoms with Crippen molar-refractivity contribution in [2.24, 2.45) is 7.05 Å². The van der Waals surface area contributed by atoms with Crippen LogP contribution in [0.15, 0.2) is 48.5 Å². The van der Waals surface area contributed by atoms with E-state index in [9.17, 15) is 4.79 Å². The van der Waals surface area contributed by atoms with Gasteiger partial charge in [0.25, 0.3) is 0 Å². The van der Waals surface area contributed by atoms with Gasteiger partial charge in [0.1, 0.15) is 18.1 Å². The highest BCUT2D eigenvalue weighted by Gasteiger charge is 2.11. The lowest BCUT2D eigenvalue weighted by molar-refractivity contribution is 0.101. The van der Waals surface area contributed by atoms with Crippen molar-refractivity contribution in [3.63, 3.8) is 0 Å². The molecule has 1 heterocycles. The number of carbonyl (C=O) groups excluding carboxylic acids is 1. The molecule has 4 heteroatoms. The van der Waals surface area contributed by atoms with Crippen LogP contribution in [0.2, 0.25) is 0 Å². The summed E-state index contributed by atoms with van der Waals surface area (Å²) in [5, 5.41) is 5.56. The lowest BCUT2D eigenvalue weighted by Crippen LogP contribution is -2.02. The fourth-order valence-electron chi connectivity index (χ4n) is 2.42. The second-order valence-electron chi connectivity index (χ2n) is 4.93. The number of benzene rings is 2. The van der Waals surface area contributed by atoms with E-state index in [0.717, 1.165) is 16.6 Å². The predicted molar refractivity (Wildman–Crippen MR) is 81.5 cm³/mol. The van der Waals surface area contributed by atoms with Crippen LogP contribution in [0.4, 0.5) is 0 Å². The van der Waals surface area contributed by atoms with Gasteiger partial charge in [0, 0.05) is 12.4 Å². The Hall–Kier alpha value is -2.62. The van der Waals surface area contributed by atoms with E-state index < -0.39 is 0 Å². The Balaban J connectivity index is 1.89. The minimum absolute atomic E-state index is 0.00326. The van der Waals surface area contributed by atoms with Crippen LogP contribution in [0.5, 0.6) is 5.75 Å². The Kier molecular flexibility index (Phi) is 3.44. The monoisotopic (exact) mass is 280 g/mol. The van der Waals surface area contributed by atoms with Gasteiger partial charge >= 0.3 is 0 Å². The maximum absolute atomic E-state index is 11.6. The Bertz CT molecular complexity index is 805. The molecule has 0 aliphatic rings. The van der Waals surface area contributed by atoms with Crippen LogP contribution in [-0.4, -0.2) is 15.6 Å². The van der Waals surface area contributed by atoms with Gasteiger partial charge in [-0.3, -0.25) is 9.48 Å². The first-order valence-electron chi connectivity index (χ1n) is 6.80. The number of Topliss-reactive ketones (excluding diaryl/α,β-unsaturated/α-hetero) is 1. The molecule has 0 bridgehead atoms. The quantitative estimate of drug-likeness (QED) is 0.688. The highest BCUT2D eigenvalue weighted by molar-refractivity contribution is 5.96. The number of para-hydroxylation sites is 2. The second kappa shape index (κ2) is 5.40. The van der Waals surface area contributed by atoms with E-state index in [-0.39, 0.29) is 5.78 Å². The van der Waals surface area contributed by atoms with Gasteiger partial charge in [-0.2, -0.15) is 5.10 Å². The molecule has 0 N–H and O–H groups in total. The summed E-state index contributed by atoms with van der Waals surface area (Å²) in [5.41, 5.74) is 2.53. The number of aryl methyl sites for hydroxylation is 1. The maximum Gasteiger partial charge on any atom is 0.163 e. The highest BCUT2D eigenvalue weighted by Crippen LogP contribution is 2.22. The summed E-state index contributed by atoms with van der Waals surface area (Å²) in [6, 6.07) is 15.3. The van der Waals surface area contributed by atoms with Crippen LogP contribution < -0.4 is 4.74 Å². The average Bonchev–Trinajstić information content (AvgIpc) is 2.82. The van der Waals surface area contributed by atoms with Gasteiger partial charge in [0.15, 0.2) is 5.78 Å². The van der Waals surface area contributed by atoms with Crippen LogP contribution >= 0.6 is 0 Å². The molecule has 106 valence electrons. The van der Waals surface area contributed by atoms with Gasteiger partial charge in [-0.05, 0) is 25.1 Å². The summed E-state index contributed by atoms with van der Waals surface area (Å²) >= 11 is 0. The molecule has 0 unspecified atom stereocenters. The summed E-state index contributed by atoms with van der Waals surface area (Å²) in [5.74, 6) is 0.594. The molecular formula is C17H16N2O2. The van der Waals surface area contributed by atoms with Crippen molar-refractivity contribution >= 4 is 16.7 Å². The maximum atomic E-state index is 11.6. The van der Waals surface area contributed by atoms with Crippen molar-refractivity contribution in [1.82, 2.24) is 9.78 Å². The topological polar surface area (TPSA) is 44.1 Å².